The lowest BCUT2D eigenvalue weighted by Gasteiger charge is -2.29. The molecule has 1 aromatic rings. The molecule has 0 radical (unpaired) electrons. The van der Waals surface area contributed by atoms with Crippen molar-refractivity contribution in [3.63, 3.8) is 0 Å². The fourth-order valence-corrected chi connectivity index (χ4v) is 3.19. The first-order chi connectivity index (χ1) is 10.1. The molecule has 120 valence electrons. The second-order valence-corrected chi connectivity index (χ2v) is 6.53. The number of aromatic nitrogens is 2. The maximum Gasteiger partial charge on any atom is 0.243 e. The molecule has 0 amide bonds. The summed E-state index contributed by atoms with van der Waals surface area (Å²) in [5.74, 6) is 1.75. The summed E-state index contributed by atoms with van der Waals surface area (Å²) in [5.41, 5.74) is 5.78. The Hall–Kier alpha value is -0.940. The molecule has 1 aromatic heterocycles. The average Bonchev–Trinajstić information content (AvgIpc) is 2.81. The summed E-state index contributed by atoms with van der Waals surface area (Å²) < 4.78 is 11.5. The Kier molecular flexibility index (Phi) is 5.76. The summed E-state index contributed by atoms with van der Waals surface area (Å²) in [5, 5.41) is 4.21. The minimum absolute atomic E-state index is 0.185. The topological polar surface area (TPSA) is 74.2 Å². The molecule has 0 saturated heterocycles. The zero-order valence-corrected chi connectivity index (χ0v) is 13.6. The molecule has 0 spiro atoms. The second kappa shape index (κ2) is 7.36. The minimum Gasteiger partial charge on any atom is -0.367 e. The van der Waals surface area contributed by atoms with Crippen LogP contribution in [0.2, 0.25) is 0 Å². The zero-order chi connectivity index (χ0) is 15.3. The van der Waals surface area contributed by atoms with Crippen LogP contribution in [0.15, 0.2) is 4.52 Å². The van der Waals surface area contributed by atoms with Gasteiger partial charge >= 0.3 is 0 Å². The van der Waals surface area contributed by atoms with E-state index in [1.807, 2.05) is 6.92 Å². The van der Waals surface area contributed by atoms with E-state index in [1.54, 1.807) is 0 Å². The highest BCUT2D eigenvalue weighted by atomic mass is 16.5. The summed E-state index contributed by atoms with van der Waals surface area (Å²) in [6, 6.07) is -0.185. The molecule has 1 fully saturated rings. The fraction of sp³-hybridized carbons (Fsp3) is 0.875. The number of rotatable bonds is 6. The van der Waals surface area contributed by atoms with E-state index in [4.69, 9.17) is 15.0 Å². The van der Waals surface area contributed by atoms with Gasteiger partial charge in [0.05, 0.1) is 6.04 Å². The Morgan fingerprint density at radius 2 is 1.90 bits per heavy atom. The number of nitrogens with zero attached hydrogens (tertiary/aromatic N) is 2. The van der Waals surface area contributed by atoms with Gasteiger partial charge < -0.3 is 15.0 Å². The number of ether oxygens (including phenoxy) is 1. The van der Waals surface area contributed by atoms with Crippen molar-refractivity contribution in [1.82, 2.24) is 10.1 Å². The third kappa shape index (κ3) is 4.04. The van der Waals surface area contributed by atoms with Crippen molar-refractivity contribution in [2.45, 2.75) is 77.4 Å². The van der Waals surface area contributed by atoms with Gasteiger partial charge in [-0.25, -0.2) is 0 Å². The molecule has 1 atom stereocenters. The van der Waals surface area contributed by atoms with Gasteiger partial charge in [0, 0.05) is 6.61 Å². The van der Waals surface area contributed by atoms with Crippen molar-refractivity contribution in [2.24, 2.45) is 11.7 Å². The normalized spacial score (nSPS) is 20.4. The van der Waals surface area contributed by atoms with Crippen molar-refractivity contribution >= 4 is 0 Å². The van der Waals surface area contributed by atoms with E-state index < -0.39 is 0 Å². The largest absolute Gasteiger partial charge is 0.367 e. The number of hydrogen-bond donors (Lipinski definition) is 1. The highest BCUT2D eigenvalue weighted by molar-refractivity contribution is 5.04. The first-order valence-electron chi connectivity index (χ1n) is 8.31. The molecule has 1 heterocycles. The first kappa shape index (κ1) is 16.4. The van der Waals surface area contributed by atoms with Crippen LogP contribution in [0, 0.1) is 5.92 Å². The second-order valence-electron chi connectivity index (χ2n) is 6.53. The summed E-state index contributed by atoms with van der Waals surface area (Å²) >= 11 is 0. The van der Waals surface area contributed by atoms with E-state index in [9.17, 15) is 0 Å². The maximum absolute atomic E-state index is 6.15. The highest BCUT2D eigenvalue weighted by Gasteiger charge is 2.38. The molecule has 0 aliphatic heterocycles. The van der Waals surface area contributed by atoms with Gasteiger partial charge in [-0.05, 0) is 32.1 Å². The molecule has 5 nitrogen and oxygen atoms in total. The van der Waals surface area contributed by atoms with Crippen molar-refractivity contribution < 1.29 is 9.26 Å². The Morgan fingerprint density at radius 1 is 1.24 bits per heavy atom. The molecule has 0 aromatic carbocycles. The molecule has 1 saturated carbocycles. The smallest absolute Gasteiger partial charge is 0.243 e. The van der Waals surface area contributed by atoms with Crippen molar-refractivity contribution in [3.8, 4) is 0 Å². The van der Waals surface area contributed by atoms with Crippen molar-refractivity contribution in [1.29, 1.82) is 0 Å². The third-order valence-electron chi connectivity index (χ3n) is 4.22. The molecule has 2 rings (SSSR count). The monoisotopic (exact) mass is 295 g/mol. The van der Waals surface area contributed by atoms with E-state index in [2.05, 4.69) is 24.0 Å². The first-order valence-corrected chi connectivity index (χ1v) is 8.31. The predicted molar refractivity (Wildman–Crippen MR) is 81.7 cm³/mol. The SMILES string of the molecule is CCOC1(c2noc([C@H](N)CC(C)C)n2)CCCCCC1. The molecular weight excluding hydrogens is 266 g/mol. The van der Waals surface area contributed by atoms with Gasteiger partial charge in [0.2, 0.25) is 11.7 Å². The highest BCUT2D eigenvalue weighted by Crippen LogP contribution is 2.38. The van der Waals surface area contributed by atoms with E-state index in [1.165, 1.54) is 12.8 Å². The van der Waals surface area contributed by atoms with Crippen LogP contribution in [-0.4, -0.2) is 16.7 Å². The van der Waals surface area contributed by atoms with Gasteiger partial charge in [0.15, 0.2) is 0 Å². The summed E-state index contributed by atoms with van der Waals surface area (Å²) in [4.78, 5) is 4.59. The summed E-state index contributed by atoms with van der Waals surface area (Å²) in [6.07, 6.45) is 7.62. The van der Waals surface area contributed by atoms with Gasteiger partial charge in [-0.3, -0.25) is 0 Å². The van der Waals surface area contributed by atoms with Crippen molar-refractivity contribution in [2.75, 3.05) is 6.61 Å². The van der Waals surface area contributed by atoms with Crippen molar-refractivity contribution in [3.05, 3.63) is 11.7 Å². The molecule has 1 aliphatic carbocycles. The Labute approximate surface area is 127 Å². The molecule has 0 unspecified atom stereocenters. The van der Waals surface area contributed by atoms with E-state index in [-0.39, 0.29) is 11.6 Å². The molecule has 1 aliphatic rings. The zero-order valence-electron chi connectivity index (χ0n) is 13.6. The molecule has 0 bridgehead atoms. The number of nitrogens with two attached hydrogens (primary N) is 1. The maximum atomic E-state index is 6.15. The Balaban J connectivity index is 2.19. The molecule has 5 heteroatoms. The van der Waals surface area contributed by atoms with E-state index in [0.717, 1.165) is 32.1 Å². The Bertz CT molecular complexity index is 423. The summed E-state index contributed by atoms with van der Waals surface area (Å²) in [6.45, 7) is 6.98. The van der Waals surface area contributed by atoms with Crippen LogP contribution in [0.1, 0.15) is 83.5 Å². The van der Waals surface area contributed by atoms with Crippen LogP contribution >= 0.6 is 0 Å². The van der Waals surface area contributed by atoms with E-state index in [0.29, 0.717) is 24.2 Å². The van der Waals surface area contributed by atoms with Gasteiger partial charge in [0.25, 0.3) is 0 Å². The standard InChI is InChI=1S/C16H29N3O2/c1-4-20-16(9-7-5-6-8-10-16)15-18-14(21-19-15)13(17)11-12(2)3/h12-13H,4-11,17H2,1-3H3/t13-/m1/s1. The quantitative estimate of drug-likeness (QED) is 0.810. The van der Waals surface area contributed by atoms with E-state index >= 15 is 0 Å². The van der Waals surface area contributed by atoms with Crippen LogP contribution in [0.25, 0.3) is 0 Å². The lowest BCUT2D eigenvalue weighted by atomic mass is 9.93. The van der Waals surface area contributed by atoms with Gasteiger partial charge in [-0.1, -0.05) is 44.7 Å². The minimum atomic E-state index is -0.370. The van der Waals surface area contributed by atoms with Crippen LogP contribution in [0.3, 0.4) is 0 Å². The number of hydrogen-bond acceptors (Lipinski definition) is 5. The summed E-state index contributed by atoms with van der Waals surface area (Å²) in [7, 11) is 0. The van der Waals surface area contributed by atoms with Crippen LogP contribution < -0.4 is 5.73 Å². The molecule has 2 N–H and O–H groups in total. The fourth-order valence-electron chi connectivity index (χ4n) is 3.19. The van der Waals surface area contributed by atoms with Crippen LogP contribution in [0.4, 0.5) is 0 Å². The lowest BCUT2D eigenvalue weighted by molar-refractivity contribution is -0.0636. The Morgan fingerprint density at radius 3 is 2.48 bits per heavy atom. The third-order valence-corrected chi connectivity index (χ3v) is 4.22. The predicted octanol–water partition coefficient (Wildman–Crippen LogP) is 3.70. The van der Waals surface area contributed by atoms with Crippen LogP contribution in [-0.2, 0) is 10.3 Å². The average molecular weight is 295 g/mol. The van der Waals surface area contributed by atoms with Gasteiger partial charge in [0.1, 0.15) is 5.60 Å². The van der Waals surface area contributed by atoms with Crippen LogP contribution in [0.5, 0.6) is 0 Å². The van der Waals surface area contributed by atoms with Gasteiger partial charge in [-0.15, -0.1) is 0 Å². The molecule has 21 heavy (non-hydrogen) atoms. The van der Waals surface area contributed by atoms with Gasteiger partial charge in [-0.2, -0.15) is 4.98 Å². The molecular formula is C16H29N3O2. The lowest BCUT2D eigenvalue weighted by Crippen LogP contribution is -2.31.